The van der Waals surface area contributed by atoms with E-state index in [1.54, 1.807) is 0 Å². The third-order valence-electron chi connectivity index (χ3n) is 1.32. The van der Waals surface area contributed by atoms with Crippen LogP contribution in [-0.2, 0) is 0 Å². The van der Waals surface area contributed by atoms with Gasteiger partial charge in [0.2, 0.25) is 0 Å². The van der Waals surface area contributed by atoms with Crippen molar-refractivity contribution < 1.29 is 0 Å². The minimum Gasteiger partial charge on any atom is -0.317 e. The molecule has 1 saturated heterocycles. The highest BCUT2D eigenvalue weighted by molar-refractivity contribution is 4.65. The Morgan fingerprint density at radius 3 is 2.10 bits per heavy atom. The van der Waals surface area contributed by atoms with E-state index in [2.05, 4.69) is 5.32 Å². The number of hydrogen-bond acceptors (Lipinski definition) is 2. The standard InChI is InChI=1S/C4H9N.C4H7N/c1-2-4-5-3-1;1-2-3-4-5/h5H,1-4H2;2-3H2,1H3. The third-order valence-corrected chi connectivity index (χ3v) is 1.32. The Bertz CT molecular complexity index is 82.3. The van der Waals surface area contributed by atoms with Gasteiger partial charge >= 0.3 is 0 Å². The van der Waals surface area contributed by atoms with E-state index in [-0.39, 0.29) is 0 Å². The third kappa shape index (κ3) is 7.45. The first kappa shape index (κ1) is 9.45. The van der Waals surface area contributed by atoms with Gasteiger partial charge in [-0.05, 0) is 32.4 Å². The van der Waals surface area contributed by atoms with Gasteiger partial charge in [-0.15, -0.1) is 0 Å². The summed E-state index contributed by atoms with van der Waals surface area (Å²) in [5.41, 5.74) is 0. The first-order valence-corrected chi connectivity index (χ1v) is 3.99. The molecule has 0 atom stereocenters. The Labute approximate surface area is 63.2 Å². The Morgan fingerprint density at radius 2 is 2.00 bits per heavy atom. The van der Waals surface area contributed by atoms with Gasteiger partial charge in [0.15, 0.2) is 0 Å². The Morgan fingerprint density at radius 1 is 1.40 bits per heavy atom. The zero-order valence-electron chi connectivity index (χ0n) is 6.69. The summed E-state index contributed by atoms with van der Waals surface area (Å²) in [6.45, 7) is 4.49. The van der Waals surface area contributed by atoms with E-state index in [0.29, 0.717) is 6.42 Å². The fourth-order valence-electron chi connectivity index (χ4n) is 0.737. The quantitative estimate of drug-likeness (QED) is 0.601. The van der Waals surface area contributed by atoms with Crippen LogP contribution in [0.3, 0.4) is 0 Å². The van der Waals surface area contributed by atoms with Crippen molar-refractivity contribution >= 4 is 0 Å². The minimum absolute atomic E-state index is 0.694. The fraction of sp³-hybridized carbons (Fsp3) is 0.875. The van der Waals surface area contributed by atoms with Crippen LogP contribution in [0.25, 0.3) is 0 Å². The van der Waals surface area contributed by atoms with Gasteiger partial charge in [0.25, 0.3) is 0 Å². The summed E-state index contributed by atoms with van der Waals surface area (Å²) >= 11 is 0. The fourth-order valence-corrected chi connectivity index (χ4v) is 0.737. The molecule has 10 heavy (non-hydrogen) atoms. The number of nitrogens with zero attached hydrogens (tertiary/aromatic N) is 1. The zero-order chi connectivity index (χ0) is 7.66. The smallest absolute Gasteiger partial charge is 0.0621 e. The summed E-state index contributed by atoms with van der Waals surface area (Å²) in [5, 5.41) is 11.0. The number of unbranched alkanes of at least 4 members (excludes halogenated alkanes) is 1. The topological polar surface area (TPSA) is 35.8 Å². The van der Waals surface area contributed by atoms with E-state index in [9.17, 15) is 0 Å². The lowest BCUT2D eigenvalue weighted by molar-refractivity contribution is 0.857. The lowest BCUT2D eigenvalue weighted by atomic mass is 10.4. The van der Waals surface area contributed by atoms with Crippen molar-refractivity contribution in [2.24, 2.45) is 0 Å². The molecule has 2 nitrogen and oxygen atoms in total. The van der Waals surface area contributed by atoms with Crippen molar-refractivity contribution in [3.05, 3.63) is 0 Å². The van der Waals surface area contributed by atoms with Crippen molar-refractivity contribution in [2.45, 2.75) is 32.6 Å². The molecule has 2 heteroatoms. The normalized spacial score (nSPS) is 15.2. The molecule has 1 heterocycles. The van der Waals surface area contributed by atoms with E-state index in [1.807, 2.05) is 13.0 Å². The van der Waals surface area contributed by atoms with Gasteiger partial charge in [0.1, 0.15) is 0 Å². The van der Waals surface area contributed by atoms with Crippen molar-refractivity contribution in [2.75, 3.05) is 13.1 Å². The molecule has 1 N–H and O–H groups in total. The summed E-state index contributed by atoms with van der Waals surface area (Å²) < 4.78 is 0. The molecule has 0 amide bonds. The van der Waals surface area contributed by atoms with Gasteiger partial charge in [-0.2, -0.15) is 5.26 Å². The lowest BCUT2D eigenvalue weighted by Crippen LogP contribution is -2.03. The summed E-state index contributed by atoms with van der Waals surface area (Å²) in [7, 11) is 0. The summed E-state index contributed by atoms with van der Waals surface area (Å²) in [5.74, 6) is 0. The van der Waals surface area contributed by atoms with Gasteiger partial charge in [0, 0.05) is 6.42 Å². The molecule has 0 spiro atoms. The van der Waals surface area contributed by atoms with Gasteiger partial charge < -0.3 is 5.32 Å². The molecule has 0 aromatic heterocycles. The first-order chi connectivity index (χ1) is 4.91. The maximum atomic E-state index is 7.82. The molecule has 0 unspecified atom stereocenters. The molecule has 1 aliphatic rings. The molecule has 1 fully saturated rings. The molecule has 0 aromatic carbocycles. The van der Waals surface area contributed by atoms with Crippen molar-refractivity contribution in [3.8, 4) is 6.07 Å². The van der Waals surface area contributed by atoms with E-state index in [4.69, 9.17) is 5.26 Å². The van der Waals surface area contributed by atoms with Crippen LogP contribution >= 0.6 is 0 Å². The van der Waals surface area contributed by atoms with Crippen LogP contribution in [0.1, 0.15) is 32.6 Å². The minimum atomic E-state index is 0.694. The van der Waals surface area contributed by atoms with Gasteiger partial charge in [-0.1, -0.05) is 6.92 Å². The second-order valence-electron chi connectivity index (χ2n) is 2.37. The van der Waals surface area contributed by atoms with Crippen LogP contribution < -0.4 is 5.32 Å². The van der Waals surface area contributed by atoms with Gasteiger partial charge in [-0.25, -0.2) is 0 Å². The van der Waals surface area contributed by atoms with Crippen LogP contribution in [0.4, 0.5) is 0 Å². The number of rotatable bonds is 1. The Balaban J connectivity index is 0.000000162. The van der Waals surface area contributed by atoms with Crippen LogP contribution in [0.15, 0.2) is 0 Å². The predicted molar refractivity (Wildman–Crippen MR) is 42.6 cm³/mol. The van der Waals surface area contributed by atoms with Crippen molar-refractivity contribution in [3.63, 3.8) is 0 Å². The van der Waals surface area contributed by atoms with E-state index in [0.717, 1.165) is 6.42 Å². The Hall–Kier alpha value is -0.550. The molecule has 1 rings (SSSR count). The van der Waals surface area contributed by atoms with Crippen LogP contribution in [0.2, 0.25) is 0 Å². The number of hydrogen-bond donors (Lipinski definition) is 1. The average Bonchev–Trinajstić information content (AvgIpc) is 2.44. The molecule has 0 aliphatic carbocycles. The van der Waals surface area contributed by atoms with E-state index < -0.39 is 0 Å². The monoisotopic (exact) mass is 140 g/mol. The van der Waals surface area contributed by atoms with E-state index in [1.165, 1.54) is 25.9 Å². The number of nitriles is 1. The Kier molecular flexibility index (Phi) is 7.99. The molecule has 0 bridgehead atoms. The highest BCUT2D eigenvalue weighted by atomic mass is 14.9. The molecule has 0 saturated carbocycles. The maximum absolute atomic E-state index is 7.82. The second-order valence-corrected chi connectivity index (χ2v) is 2.37. The molecular weight excluding hydrogens is 124 g/mol. The van der Waals surface area contributed by atoms with Gasteiger partial charge in [-0.3, -0.25) is 0 Å². The summed E-state index contributed by atoms with van der Waals surface area (Å²) in [6, 6.07) is 2.02. The summed E-state index contributed by atoms with van der Waals surface area (Å²) in [4.78, 5) is 0. The highest BCUT2D eigenvalue weighted by Crippen LogP contribution is 1.90. The SMILES string of the molecule is C1CCNC1.CCCC#N. The lowest BCUT2D eigenvalue weighted by Gasteiger charge is -1.76. The highest BCUT2D eigenvalue weighted by Gasteiger charge is 1.93. The maximum Gasteiger partial charge on any atom is 0.0621 e. The average molecular weight is 140 g/mol. The van der Waals surface area contributed by atoms with Crippen LogP contribution in [-0.4, -0.2) is 13.1 Å². The molecule has 0 aromatic rings. The second kappa shape index (κ2) is 8.45. The molecule has 0 radical (unpaired) electrons. The first-order valence-electron chi connectivity index (χ1n) is 3.99. The van der Waals surface area contributed by atoms with Crippen LogP contribution in [0, 0.1) is 11.3 Å². The van der Waals surface area contributed by atoms with Gasteiger partial charge in [0.05, 0.1) is 6.07 Å². The number of nitrogens with one attached hydrogen (secondary N) is 1. The van der Waals surface area contributed by atoms with Crippen LogP contribution in [0.5, 0.6) is 0 Å². The molecule has 1 aliphatic heterocycles. The summed E-state index contributed by atoms with van der Waals surface area (Å²) in [6.07, 6.45) is 4.45. The molecule has 58 valence electrons. The van der Waals surface area contributed by atoms with E-state index >= 15 is 0 Å². The van der Waals surface area contributed by atoms with Crippen molar-refractivity contribution in [1.29, 1.82) is 5.26 Å². The predicted octanol–water partition coefficient (Wildman–Crippen LogP) is 1.68. The van der Waals surface area contributed by atoms with Crippen molar-refractivity contribution in [1.82, 2.24) is 5.32 Å². The zero-order valence-corrected chi connectivity index (χ0v) is 6.69. The molecular formula is C8H16N2. The largest absolute Gasteiger partial charge is 0.317 e.